The van der Waals surface area contributed by atoms with Crippen LogP contribution >= 0.6 is 11.8 Å². The van der Waals surface area contributed by atoms with Gasteiger partial charge in [0.1, 0.15) is 19.3 Å². The molecule has 1 aromatic heterocycles. The average molecular weight is 549 g/mol. The second-order valence-corrected chi connectivity index (χ2v) is 10.3. The molecule has 0 aliphatic carbocycles. The lowest BCUT2D eigenvalue weighted by Crippen LogP contribution is -2.29. The number of aromatic nitrogens is 3. The lowest BCUT2D eigenvalue weighted by Gasteiger charge is -2.28. The van der Waals surface area contributed by atoms with Crippen LogP contribution in [-0.2, 0) is 16.1 Å². The van der Waals surface area contributed by atoms with Crippen LogP contribution in [0.4, 0.5) is 5.95 Å². The van der Waals surface area contributed by atoms with Gasteiger partial charge in [0.15, 0.2) is 11.5 Å². The van der Waals surface area contributed by atoms with E-state index in [1.54, 1.807) is 22.5 Å². The zero-order valence-corrected chi connectivity index (χ0v) is 23.8. The van der Waals surface area contributed by atoms with Crippen LogP contribution in [0.1, 0.15) is 56.3 Å². The first-order valence-corrected chi connectivity index (χ1v) is 14.2. The van der Waals surface area contributed by atoms with Gasteiger partial charge in [0.2, 0.25) is 11.1 Å². The van der Waals surface area contributed by atoms with E-state index in [-0.39, 0.29) is 6.61 Å². The highest BCUT2D eigenvalue weighted by atomic mass is 32.2. The molecule has 4 rings (SSSR count). The Morgan fingerprint density at radius 1 is 1.15 bits per heavy atom. The van der Waals surface area contributed by atoms with Gasteiger partial charge in [0.25, 0.3) is 0 Å². The van der Waals surface area contributed by atoms with Crippen LogP contribution in [0, 0.1) is 6.92 Å². The lowest BCUT2D eigenvalue weighted by atomic mass is 9.95. The first-order valence-electron chi connectivity index (χ1n) is 13.2. The van der Waals surface area contributed by atoms with Crippen molar-refractivity contribution >= 4 is 23.7 Å². The number of carbonyl (C=O) groups excluding carboxylic acids is 1. The van der Waals surface area contributed by atoms with Crippen LogP contribution in [0.15, 0.2) is 71.5 Å². The lowest BCUT2D eigenvalue weighted by molar-refractivity contribution is -0.138. The van der Waals surface area contributed by atoms with Gasteiger partial charge in [0, 0.05) is 11.4 Å². The van der Waals surface area contributed by atoms with Crippen LogP contribution in [0.25, 0.3) is 0 Å². The van der Waals surface area contributed by atoms with Crippen molar-refractivity contribution < 1.29 is 19.0 Å². The molecular weight excluding hydrogens is 512 g/mol. The van der Waals surface area contributed by atoms with Gasteiger partial charge >= 0.3 is 5.97 Å². The number of nitrogens with one attached hydrogen (secondary N) is 1. The van der Waals surface area contributed by atoms with Crippen LogP contribution in [0.3, 0.4) is 0 Å². The predicted octanol–water partition coefficient (Wildman–Crippen LogP) is 6.47. The summed E-state index contributed by atoms with van der Waals surface area (Å²) in [5.74, 6) is 2.28. The highest BCUT2D eigenvalue weighted by Gasteiger charge is 2.35. The minimum atomic E-state index is -0.559. The molecule has 39 heavy (non-hydrogen) atoms. The van der Waals surface area contributed by atoms with Crippen molar-refractivity contribution in [2.75, 3.05) is 24.3 Å². The molecule has 9 heteroatoms. The van der Waals surface area contributed by atoms with Gasteiger partial charge in [-0.2, -0.15) is 4.98 Å². The van der Waals surface area contributed by atoms with E-state index in [0.717, 1.165) is 29.7 Å². The number of hydrogen-bond donors (Lipinski definition) is 1. The molecule has 2 aromatic carbocycles. The number of hydrogen-bond acceptors (Lipinski definition) is 8. The van der Waals surface area contributed by atoms with Crippen molar-refractivity contribution in [2.45, 2.75) is 58.3 Å². The number of benzene rings is 2. The maximum Gasteiger partial charge on any atom is 0.338 e. The number of esters is 1. The highest BCUT2D eigenvalue weighted by molar-refractivity contribution is 7.99. The Bertz CT molecular complexity index is 1350. The standard InChI is InChI=1S/C30H36N4O4S/c1-6-9-16-39-30-32-29-31-21(5)26(28(35)37-15-7-2)27(34(29)33-30)23-13-14-24(25(18-23)36-8-3)38-19-22-12-10-11-20(4)17-22/h7,10-14,17-18,27H,2,6,8-9,15-16,19H2,1,3-5H3,(H,31,32,33). The number of carbonyl (C=O) groups is 1. The molecule has 0 fully saturated rings. The predicted molar refractivity (Wildman–Crippen MR) is 154 cm³/mol. The van der Waals surface area contributed by atoms with Gasteiger partial charge in [-0.3, -0.25) is 0 Å². The smallest absolute Gasteiger partial charge is 0.338 e. The molecule has 0 radical (unpaired) electrons. The Labute approximate surface area is 234 Å². The fraction of sp³-hybridized carbons (Fsp3) is 0.367. The number of nitrogens with zero attached hydrogens (tertiary/aromatic N) is 3. The topological polar surface area (TPSA) is 87.5 Å². The van der Waals surface area contributed by atoms with Crippen molar-refractivity contribution in [2.24, 2.45) is 0 Å². The molecule has 0 saturated heterocycles. The summed E-state index contributed by atoms with van der Waals surface area (Å²) in [5.41, 5.74) is 4.18. The molecule has 0 spiro atoms. The molecule has 0 saturated carbocycles. The van der Waals surface area contributed by atoms with E-state index in [9.17, 15) is 4.79 Å². The second kappa shape index (κ2) is 13.4. The Balaban J connectivity index is 1.71. The first-order chi connectivity index (χ1) is 18.9. The quantitative estimate of drug-likeness (QED) is 0.112. The van der Waals surface area contributed by atoms with Crippen molar-refractivity contribution in [1.29, 1.82) is 0 Å². The van der Waals surface area contributed by atoms with Gasteiger partial charge in [-0.15, -0.1) is 5.10 Å². The van der Waals surface area contributed by atoms with Gasteiger partial charge in [0.05, 0.1) is 12.2 Å². The summed E-state index contributed by atoms with van der Waals surface area (Å²) in [5, 5.41) is 8.69. The van der Waals surface area contributed by atoms with Gasteiger partial charge in [-0.05, 0) is 50.5 Å². The Hall–Kier alpha value is -3.72. The molecule has 0 amide bonds. The van der Waals surface area contributed by atoms with E-state index in [1.807, 2.05) is 44.2 Å². The Morgan fingerprint density at radius 2 is 2.00 bits per heavy atom. The Kier molecular flexibility index (Phi) is 9.70. The number of rotatable bonds is 13. The van der Waals surface area contributed by atoms with Crippen LogP contribution in [0.5, 0.6) is 11.5 Å². The molecule has 1 aliphatic heterocycles. The van der Waals surface area contributed by atoms with Gasteiger partial charge in [-0.25, -0.2) is 9.48 Å². The normalized spacial score (nSPS) is 14.4. The first kappa shape index (κ1) is 28.3. The van der Waals surface area contributed by atoms with Gasteiger partial charge in [-0.1, -0.05) is 73.7 Å². The second-order valence-electron chi connectivity index (χ2n) is 9.23. The number of allylic oxidation sites excluding steroid dienone is 1. The third-order valence-electron chi connectivity index (χ3n) is 6.17. The third kappa shape index (κ3) is 6.84. The summed E-state index contributed by atoms with van der Waals surface area (Å²) >= 11 is 1.60. The zero-order valence-electron chi connectivity index (χ0n) is 23.0. The summed E-state index contributed by atoms with van der Waals surface area (Å²) in [6.45, 7) is 12.6. The van der Waals surface area contributed by atoms with E-state index < -0.39 is 12.0 Å². The van der Waals surface area contributed by atoms with Crippen molar-refractivity contribution in [1.82, 2.24) is 14.8 Å². The van der Waals surface area contributed by atoms with Gasteiger partial charge < -0.3 is 19.5 Å². The zero-order chi connectivity index (χ0) is 27.8. The molecule has 1 aliphatic rings. The fourth-order valence-corrected chi connectivity index (χ4v) is 5.24. The number of anilines is 1. The fourth-order valence-electron chi connectivity index (χ4n) is 4.33. The number of unbranched alkanes of at least 4 members (excludes halogenated alkanes) is 1. The monoisotopic (exact) mass is 548 g/mol. The van der Waals surface area contributed by atoms with Crippen molar-refractivity contribution in [3.05, 3.63) is 83.1 Å². The molecule has 206 valence electrons. The minimum absolute atomic E-state index is 0.112. The van der Waals surface area contributed by atoms with Crippen LogP contribution in [0.2, 0.25) is 0 Å². The summed E-state index contributed by atoms with van der Waals surface area (Å²) < 4.78 is 19.4. The largest absolute Gasteiger partial charge is 0.490 e. The Morgan fingerprint density at radius 3 is 2.74 bits per heavy atom. The molecule has 1 N–H and O–H groups in total. The summed E-state index contributed by atoms with van der Waals surface area (Å²) in [6.07, 6.45) is 3.72. The van der Waals surface area contributed by atoms with Crippen LogP contribution in [-0.4, -0.2) is 39.7 Å². The molecule has 2 heterocycles. The minimum Gasteiger partial charge on any atom is -0.490 e. The number of thioether (sulfide) groups is 1. The third-order valence-corrected chi connectivity index (χ3v) is 7.10. The molecule has 3 aromatic rings. The number of aryl methyl sites for hydroxylation is 1. The number of fused-ring (bicyclic) bond motifs is 1. The SMILES string of the molecule is C=CCOC(=O)C1=C(C)Nc2nc(SCCCC)nn2C1c1ccc(OCc2cccc(C)c2)c(OCC)c1. The molecular formula is C30H36N4O4S. The summed E-state index contributed by atoms with van der Waals surface area (Å²) in [6, 6.07) is 13.4. The summed E-state index contributed by atoms with van der Waals surface area (Å²) in [4.78, 5) is 17.9. The molecule has 1 atom stereocenters. The van der Waals surface area contributed by atoms with Crippen LogP contribution < -0.4 is 14.8 Å². The van der Waals surface area contributed by atoms with E-state index in [1.165, 1.54) is 5.56 Å². The molecule has 1 unspecified atom stereocenters. The number of ether oxygens (including phenoxy) is 3. The van der Waals surface area contributed by atoms with E-state index >= 15 is 0 Å². The summed E-state index contributed by atoms with van der Waals surface area (Å²) in [7, 11) is 0. The van der Waals surface area contributed by atoms with E-state index in [4.69, 9.17) is 24.3 Å². The molecule has 8 nitrogen and oxygen atoms in total. The van der Waals surface area contributed by atoms with E-state index in [0.29, 0.717) is 47.1 Å². The van der Waals surface area contributed by atoms with Crippen molar-refractivity contribution in [3.63, 3.8) is 0 Å². The highest BCUT2D eigenvalue weighted by Crippen LogP contribution is 2.40. The average Bonchev–Trinajstić information content (AvgIpc) is 3.32. The van der Waals surface area contributed by atoms with E-state index in [2.05, 4.69) is 37.9 Å². The maximum absolute atomic E-state index is 13.3. The molecule has 0 bridgehead atoms. The maximum atomic E-state index is 13.3. The van der Waals surface area contributed by atoms with Crippen molar-refractivity contribution in [3.8, 4) is 11.5 Å².